The van der Waals surface area contributed by atoms with Crippen LogP contribution in [0.4, 0.5) is 0 Å². The second kappa shape index (κ2) is 59.9. The van der Waals surface area contributed by atoms with Crippen LogP contribution >= 0.6 is 0 Å². The third-order valence-electron chi connectivity index (χ3n) is 12.8. The maximum absolute atomic E-state index is 12.8. The zero-order valence-electron chi connectivity index (χ0n) is 47.2. The van der Waals surface area contributed by atoms with Gasteiger partial charge in [0.2, 0.25) is 0 Å². The molecule has 6 nitrogen and oxygen atoms in total. The van der Waals surface area contributed by atoms with Crippen LogP contribution in [0.3, 0.4) is 0 Å². The molecule has 0 amide bonds. The molecule has 0 heterocycles. The second-order valence-corrected chi connectivity index (χ2v) is 19.8. The number of carbonyl (C=O) groups is 3. The minimum absolute atomic E-state index is 0.0905. The van der Waals surface area contributed by atoms with E-state index < -0.39 is 6.10 Å². The standard InChI is InChI=1S/C66H112O6/c1-4-7-10-13-16-19-22-25-26-27-28-29-30-31-32-33-34-35-36-37-38-39-40-42-44-47-50-53-56-59-65(68)71-62-63(61-70-64(67)58-55-52-49-46-43-24-21-18-15-12-9-6-3)72-66(69)60-57-54-51-48-45-41-23-20-17-14-11-8-5-2/h7-8,10-11,16-21,25-26,28-29,41,45,63H,4-6,9,12-15,22-24,27,30-40,42-44,46-62H2,1-3H3/b10-7-,11-8-,19-16-,20-17-,21-18-,26-25-,29-28-,45-41-. The van der Waals surface area contributed by atoms with Gasteiger partial charge in [-0.2, -0.15) is 0 Å². The normalized spacial score (nSPS) is 12.8. The zero-order chi connectivity index (χ0) is 52.2. The Kier molecular flexibility index (Phi) is 56.8. The van der Waals surface area contributed by atoms with Gasteiger partial charge in [0.05, 0.1) is 0 Å². The molecule has 0 rings (SSSR count). The predicted molar refractivity (Wildman–Crippen MR) is 311 cm³/mol. The summed E-state index contributed by atoms with van der Waals surface area (Å²) in [5.41, 5.74) is 0. The van der Waals surface area contributed by atoms with E-state index in [0.717, 1.165) is 116 Å². The summed E-state index contributed by atoms with van der Waals surface area (Å²) >= 11 is 0. The fourth-order valence-corrected chi connectivity index (χ4v) is 8.33. The Hall–Kier alpha value is -3.67. The van der Waals surface area contributed by atoms with Gasteiger partial charge in [0, 0.05) is 19.3 Å². The summed E-state index contributed by atoms with van der Waals surface area (Å²) in [5.74, 6) is -0.925. The number of carbonyl (C=O) groups excluding carboxylic acids is 3. The van der Waals surface area contributed by atoms with Crippen molar-refractivity contribution in [1.29, 1.82) is 0 Å². The topological polar surface area (TPSA) is 78.9 Å². The van der Waals surface area contributed by atoms with Gasteiger partial charge >= 0.3 is 17.9 Å². The molecule has 0 aromatic heterocycles. The lowest BCUT2D eigenvalue weighted by Crippen LogP contribution is -2.30. The van der Waals surface area contributed by atoms with E-state index in [1.807, 2.05) is 0 Å². The maximum Gasteiger partial charge on any atom is 0.306 e. The molecular weight excluding hydrogens is 889 g/mol. The molecule has 0 saturated heterocycles. The monoisotopic (exact) mass is 1000 g/mol. The van der Waals surface area contributed by atoms with Gasteiger partial charge < -0.3 is 14.2 Å². The molecule has 0 saturated carbocycles. The highest BCUT2D eigenvalue weighted by atomic mass is 16.6. The summed E-state index contributed by atoms with van der Waals surface area (Å²) in [6, 6.07) is 0. The molecule has 0 aromatic carbocycles. The van der Waals surface area contributed by atoms with Crippen molar-refractivity contribution in [2.75, 3.05) is 13.2 Å². The SMILES string of the molecule is CC/C=C\C/C=C\C/C=C\C/C=C\CCCCCCCCCCCCCCCCCCC(=O)OCC(COC(=O)CCCCCCC/C=C\CCCCC)OC(=O)CCCCC/C=C\C/C=C\C/C=C\CC. The number of ether oxygens (including phenoxy) is 3. The average molecular weight is 1000 g/mol. The van der Waals surface area contributed by atoms with Crippen molar-refractivity contribution in [2.24, 2.45) is 0 Å². The Balaban J connectivity index is 4.19. The van der Waals surface area contributed by atoms with Crippen molar-refractivity contribution < 1.29 is 28.6 Å². The molecule has 0 N–H and O–H groups in total. The van der Waals surface area contributed by atoms with Crippen molar-refractivity contribution in [2.45, 2.75) is 290 Å². The number of allylic oxidation sites excluding steroid dienone is 16. The molecule has 0 aromatic rings. The van der Waals surface area contributed by atoms with Gasteiger partial charge in [0.1, 0.15) is 13.2 Å². The lowest BCUT2D eigenvalue weighted by Gasteiger charge is -2.18. The smallest absolute Gasteiger partial charge is 0.306 e. The quantitative estimate of drug-likeness (QED) is 0.0261. The summed E-state index contributed by atoms with van der Waals surface area (Å²) in [5, 5.41) is 0. The Morgan fingerprint density at radius 2 is 0.542 bits per heavy atom. The van der Waals surface area contributed by atoms with Crippen molar-refractivity contribution in [3.8, 4) is 0 Å². The number of esters is 3. The number of unbranched alkanes of at least 4 members (excludes halogenated alkanes) is 27. The summed E-state index contributed by atoms with van der Waals surface area (Å²) in [6.07, 6.45) is 80.0. The van der Waals surface area contributed by atoms with Crippen LogP contribution in [-0.2, 0) is 28.6 Å². The van der Waals surface area contributed by atoms with Crippen LogP contribution in [0.5, 0.6) is 0 Å². The molecular formula is C66H112O6. The van der Waals surface area contributed by atoms with E-state index in [1.165, 1.54) is 128 Å². The van der Waals surface area contributed by atoms with Crippen molar-refractivity contribution >= 4 is 17.9 Å². The van der Waals surface area contributed by atoms with Crippen LogP contribution in [0.15, 0.2) is 97.2 Å². The van der Waals surface area contributed by atoms with Gasteiger partial charge in [0.25, 0.3) is 0 Å². The van der Waals surface area contributed by atoms with Gasteiger partial charge in [-0.15, -0.1) is 0 Å². The highest BCUT2D eigenvalue weighted by molar-refractivity contribution is 5.71. The molecule has 72 heavy (non-hydrogen) atoms. The predicted octanol–water partition coefficient (Wildman–Crippen LogP) is 20.5. The Morgan fingerprint density at radius 1 is 0.292 bits per heavy atom. The van der Waals surface area contributed by atoms with Crippen molar-refractivity contribution in [3.05, 3.63) is 97.2 Å². The third-order valence-corrected chi connectivity index (χ3v) is 12.8. The van der Waals surface area contributed by atoms with Gasteiger partial charge in [-0.3, -0.25) is 14.4 Å². The molecule has 0 aliphatic carbocycles. The molecule has 0 aliphatic rings. The molecule has 0 aliphatic heterocycles. The fourth-order valence-electron chi connectivity index (χ4n) is 8.33. The number of hydrogen-bond donors (Lipinski definition) is 0. The average Bonchev–Trinajstić information content (AvgIpc) is 3.38. The van der Waals surface area contributed by atoms with Crippen LogP contribution in [0, 0.1) is 0 Å². The molecule has 1 unspecified atom stereocenters. The van der Waals surface area contributed by atoms with E-state index in [4.69, 9.17) is 14.2 Å². The van der Waals surface area contributed by atoms with E-state index in [2.05, 4.69) is 118 Å². The Bertz CT molecular complexity index is 1430. The minimum Gasteiger partial charge on any atom is -0.462 e. The van der Waals surface area contributed by atoms with Crippen LogP contribution in [0.25, 0.3) is 0 Å². The second-order valence-electron chi connectivity index (χ2n) is 19.8. The lowest BCUT2D eigenvalue weighted by atomic mass is 10.0. The van der Waals surface area contributed by atoms with Crippen molar-refractivity contribution in [1.82, 2.24) is 0 Å². The van der Waals surface area contributed by atoms with E-state index >= 15 is 0 Å². The number of hydrogen-bond acceptors (Lipinski definition) is 6. The van der Waals surface area contributed by atoms with Crippen LogP contribution in [-0.4, -0.2) is 37.2 Å². The summed E-state index contributed by atoms with van der Waals surface area (Å²) in [4.78, 5) is 38.1. The van der Waals surface area contributed by atoms with E-state index in [9.17, 15) is 14.4 Å². The highest BCUT2D eigenvalue weighted by Crippen LogP contribution is 2.16. The zero-order valence-corrected chi connectivity index (χ0v) is 47.2. The summed E-state index contributed by atoms with van der Waals surface area (Å²) in [6.45, 7) is 6.37. The Labute approximate surface area is 445 Å². The van der Waals surface area contributed by atoms with Crippen LogP contribution < -0.4 is 0 Å². The van der Waals surface area contributed by atoms with E-state index in [1.54, 1.807) is 0 Å². The molecule has 6 heteroatoms. The van der Waals surface area contributed by atoms with Crippen LogP contribution in [0.1, 0.15) is 284 Å². The van der Waals surface area contributed by atoms with Gasteiger partial charge in [-0.05, 0) is 116 Å². The van der Waals surface area contributed by atoms with Crippen LogP contribution in [0.2, 0.25) is 0 Å². The summed E-state index contributed by atoms with van der Waals surface area (Å²) < 4.78 is 16.8. The molecule has 0 bridgehead atoms. The summed E-state index contributed by atoms with van der Waals surface area (Å²) in [7, 11) is 0. The first-order chi connectivity index (χ1) is 35.5. The maximum atomic E-state index is 12.8. The molecule has 412 valence electrons. The third kappa shape index (κ3) is 57.2. The first-order valence-electron chi connectivity index (χ1n) is 30.2. The fraction of sp³-hybridized carbons (Fsp3) is 0.712. The Morgan fingerprint density at radius 3 is 0.875 bits per heavy atom. The molecule has 0 spiro atoms. The van der Waals surface area contributed by atoms with Gasteiger partial charge in [0.15, 0.2) is 6.10 Å². The lowest BCUT2D eigenvalue weighted by molar-refractivity contribution is -0.167. The highest BCUT2D eigenvalue weighted by Gasteiger charge is 2.19. The molecule has 0 radical (unpaired) electrons. The van der Waals surface area contributed by atoms with Crippen molar-refractivity contribution in [3.63, 3.8) is 0 Å². The first-order valence-corrected chi connectivity index (χ1v) is 30.2. The van der Waals surface area contributed by atoms with Gasteiger partial charge in [-0.25, -0.2) is 0 Å². The minimum atomic E-state index is -0.795. The first kappa shape index (κ1) is 68.3. The number of rotatable bonds is 54. The molecule has 0 fully saturated rings. The van der Waals surface area contributed by atoms with Gasteiger partial charge in [-0.1, -0.05) is 246 Å². The molecule has 1 atom stereocenters. The van der Waals surface area contributed by atoms with E-state index in [0.29, 0.717) is 19.3 Å². The largest absolute Gasteiger partial charge is 0.462 e. The van der Waals surface area contributed by atoms with E-state index in [-0.39, 0.29) is 31.1 Å².